The Balaban J connectivity index is 1.38. The number of aryl methyl sites for hydroxylation is 2. The molecule has 2 amide bonds. The van der Waals surface area contributed by atoms with Gasteiger partial charge >= 0.3 is 0 Å². The molecule has 0 N–H and O–H groups in total. The number of nitrogens with zero attached hydrogens (tertiary/aromatic N) is 2. The van der Waals surface area contributed by atoms with Crippen LogP contribution >= 0.6 is 11.3 Å². The first kappa shape index (κ1) is 19.4. The molecule has 5 nitrogen and oxygen atoms in total. The van der Waals surface area contributed by atoms with Crippen molar-refractivity contribution in [3.63, 3.8) is 0 Å². The zero-order valence-corrected chi connectivity index (χ0v) is 16.5. The number of hydrogen-bond acceptors (Lipinski definition) is 4. The van der Waals surface area contributed by atoms with E-state index in [0.717, 1.165) is 24.2 Å². The third-order valence-electron chi connectivity index (χ3n) is 4.94. The van der Waals surface area contributed by atoms with Crippen molar-refractivity contribution in [2.24, 2.45) is 0 Å². The smallest absolute Gasteiger partial charge is 0.223 e. The van der Waals surface area contributed by atoms with Crippen LogP contribution in [0.15, 0.2) is 41.8 Å². The molecule has 0 spiro atoms. The SMILES string of the molecule is COc1ccc(CCC(=O)N2CCN(C(=O)CCc3cccs3)CC2)cc1. The molecule has 0 radical (unpaired) electrons. The first-order valence-electron chi connectivity index (χ1n) is 9.36. The summed E-state index contributed by atoms with van der Waals surface area (Å²) in [5, 5.41) is 2.04. The number of amides is 2. The number of piperazine rings is 1. The highest BCUT2D eigenvalue weighted by Gasteiger charge is 2.23. The van der Waals surface area contributed by atoms with E-state index in [4.69, 9.17) is 4.74 Å². The summed E-state index contributed by atoms with van der Waals surface area (Å²) in [7, 11) is 1.64. The van der Waals surface area contributed by atoms with E-state index < -0.39 is 0 Å². The Morgan fingerprint density at radius 2 is 1.52 bits per heavy atom. The fourth-order valence-electron chi connectivity index (χ4n) is 3.25. The van der Waals surface area contributed by atoms with Gasteiger partial charge in [0.1, 0.15) is 5.75 Å². The van der Waals surface area contributed by atoms with Crippen LogP contribution < -0.4 is 4.74 Å². The van der Waals surface area contributed by atoms with Crippen molar-refractivity contribution in [3.8, 4) is 5.75 Å². The number of ether oxygens (including phenoxy) is 1. The number of carbonyl (C=O) groups excluding carboxylic acids is 2. The minimum Gasteiger partial charge on any atom is -0.497 e. The van der Waals surface area contributed by atoms with Gasteiger partial charge in [-0.1, -0.05) is 18.2 Å². The summed E-state index contributed by atoms with van der Waals surface area (Å²) in [4.78, 5) is 29.8. The van der Waals surface area contributed by atoms with Crippen LogP contribution in [0.3, 0.4) is 0 Å². The number of rotatable bonds is 7. The lowest BCUT2D eigenvalue weighted by atomic mass is 10.1. The predicted octanol–water partition coefficient (Wildman–Crippen LogP) is 2.99. The van der Waals surface area contributed by atoms with E-state index in [9.17, 15) is 9.59 Å². The number of carbonyl (C=O) groups is 2. The van der Waals surface area contributed by atoms with Gasteiger partial charge in [0.15, 0.2) is 0 Å². The summed E-state index contributed by atoms with van der Waals surface area (Å²) < 4.78 is 5.15. The highest BCUT2D eigenvalue weighted by Crippen LogP contribution is 2.15. The standard InChI is InChI=1S/C21H26N2O3S/c1-26-18-7-4-17(5-8-18)6-10-20(24)22-12-14-23(15-13-22)21(25)11-9-19-3-2-16-27-19/h2-5,7-8,16H,6,9-15H2,1H3. The van der Waals surface area contributed by atoms with Crippen LogP contribution in [0.25, 0.3) is 0 Å². The van der Waals surface area contributed by atoms with Gasteiger partial charge in [0.05, 0.1) is 7.11 Å². The van der Waals surface area contributed by atoms with Crippen LogP contribution in [0.4, 0.5) is 0 Å². The van der Waals surface area contributed by atoms with E-state index in [-0.39, 0.29) is 11.8 Å². The zero-order chi connectivity index (χ0) is 19.1. The second-order valence-corrected chi connectivity index (χ2v) is 7.72. The molecule has 2 heterocycles. The van der Waals surface area contributed by atoms with Gasteiger partial charge in [0.25, 0.3) is 0 Å². The average molecular weight is 387 g/mol. The molecule has 0 bridgehead atoms. The lowest BCUT2D eigenvalue weighted by Crippen LogP contribution is -2.50. The summed E-state index contributed by atoms with van der Waals surface area (Å²) >= 11 is 1.69. The second kappa shape index (κ2) is 9.55. The molecule has 1 fully saturated rings. The third-order valence-corrected chi connectivity index (χ3v) is 5.87. The van der Waals surface area contributed by atoms with Gasteiger partial charge in [-0.25, -0.2) is 0 Å². The number of benzene rings is 1. The van der Waals surface area contributed by atoms with Gasteiger partial charge in [-0.05, 0) is 42.0 Å². The monoisotopic (exact) mass is 386 g/mol. The van der Waals surface area contributed by atoms with Gasteiger partial charge < -0.3 is 14.5 Å². The molecular weight excluding hydrogens is 360 g/mol. The highest BCUT2D eigenvalue weighted by molar-refractivity contribution is 7.09. The molecule has 6 heteroatoms. The van der Waals surface area contributed by atoms with E-state index in [2.05, 4.69) is 6.07 Å². The fraction of sp³-hybridized carbons (Fsp3) is 0.429. The van der Waals surface area contributed by atoms with E-state index in [0.29, 0.717) is 39.0 Å². The second-order valence-electron chi connectivity index (χ2n) is 6.69. The van der Waals surface area contributed by atoms with Gasteiger partial charge in [-0.2, -0.15) is 0 Å². The molecular formula is C21H26N2O3S. The van der Waals surface area contributed by atoms with E-state index in [1.54, 1.807) is 18.4 Å². The lowest BCUT2D eigenvalue weighted by molar-refractivity contribution is -0.139. The van der Waals surface area contributed by atoms with Crippen LogP contribution in [0.5, 0.6) is 5.75 Å². The summed E-state index contributed by atoms with van der Waals surface area (Å²) in [6.45, 7) is 2.54. The molecule has 1 aromatic carbocycles. The predicted molar refractivity (Wildman–Crippen MR) is 107 cm³/mol. The molecule has 0 atom stereocenters. The van der Waals surface area contributed by atoms with E-state index >= 15 is 0 Å². The Morgan fingerprint density at radius 1 is 0.926 bits per heavy atom. The maximum absolute atomic E-state index is 12.5. The Hall–Kier alpha value is -2.34. The first-order chi connectivity index (χ1) is 13.2. The Morgan fingerprint density at radius 3 is 2.04 bits per heavy atom. The van der Waals surface area contributed by atoms with Crippen LogP contribution in [0.2, 0.25) is 0 Å². The molecule has 0 unspecified atom stereocenters. The summed E-state index contributed by atoms with van der Waals surface area (Å²) in [6.07, 6.45) is 2.57. The maximum atomic E-state index is 12.5. The molecule has 27 heavy (non-hydrogen) atoms. The molecule has 1 saturated heterocycles. The minimum atomic E-state index is 0.163. The molecule has 1 aliphatic heterocycles. The van der Waals surface area contributed by atoms with Gasteiger partial charge in [-0.15, -0.1) is 11.3 Å². The summed E-state index contributed by atoms with van der Waals surface area (Å²) in [6, 6.07) is 11.9. The Labute approximate surface area is 164 Å². The van der Waals surface area contributed by atoms with Gasteiger partial charge in [-0.3, -0.25) is 9.59 Å². The number of thiophene rings is 1. The van der Waals surface area contributed by atoms with Crippen molar-refractivity contribution in [2.45, 2.75) is 25.7 Å². The largest absolute Gasteiger partial charge is 0.497 e. The highest BCUT2D eigenvalue weighted by atomic mass is 32.1. The zero-order valence-electron chi connectivity index (χ0n) is 15.7. The Kier molecular flexibility index (Phi) is 6.87. The molecule has 3 rings (SSSR count). The van der Waals surface area contributed by atoms with Crippen LogP contribution in [0, 0.1) is 0 Å². The Bertz CT molecular complexity index is 735. The molecule has 1 aliphatic rings. The summed E-state index contributed by atoms with van der Waals surface area (Å²) in [5.41, 5.74) is 1.13. The van der Waals surface area contributed by atoms with Crippen LogP contribution in [-0.2, 0) is 22.4 Å². The number of methoxy groups -OCH3 is 1. The van der Waals surface area contributed by atoms with Gasteiger partial charge in [0.2, 0.25) is 11.8 Å². The van der Waals surface area contributed by atoms with Crippen molar-refractivity contribution in [2.75, 3.05) is 33.3 Å². The van der Waals surface area contributed by atoms with Gasteiger partial charge in [0, 0.05) is 43.9 Å². The normalized spacial score (nSPS) is 14.3. The topological polar surface area (TPSA) is 49.9 Å². The third kappa shape index (κ3) is 5.57. The summed E-state index contributed by atoms with van der Waals surface area (Å²) in [5.74, 6) is 1.18. The van der Waals surface area contributed by atoms with Crippen LogP contribution in [0.1, 0.15) is 23.3 Å². The molecule has 0 saturated carbocycles. The van der Waals surface area contributed by atoms with Crippen molar-refractivity contribution in [1.82, 2.24) is 9.80 Å². The van der Waals surface area contributed by atoms with Crippen LogP contribution in [-0.4, -0.2) is 54.9 Å². The molecule has 1 aromatic heterocycles. The van der Waals surface area contributed by atoms with E-state index in [1.807, 2.05) is 45.5 Å². The first-order valence-corrected chi connectivity index (χ1v) is 10.2. The molecule has 144 valence electrons. The minimum absolute atomic E-state index is 0.163. The lowest BCUT2D eigenvalue weighted by Gasteiger charge is -2.35. The van der Waals surface area contributed by atoms with Crippen molar-refractivity contribution in [1.29, 1.82) is 0 Å². The average Bonchev–Trinajstić information content (AvgIpc) is 3.24. The fourth-order valence-corrected chi connectivity index (χ4v) is 3.96. The number of hydrogen-bond donors (Lipinski definition) is 0. The van der Waals surface area contributed by atoms with E-state index in [1.165, 1.54) is 4.88 Å². The molecule has 2 aromatic rings. The van der Waals surface area contributed by atoms with Crippen molar-refractivity contribution in [3.05, 3.63) is 52.2 Å². The van der Waals surface area contributed by atoms with Crippen molar-refractivity contribution >= 4 is 23.2 Å². The van der Waals surface area contributed by atoms with Crippen molar-refractivity contribution < 1.29 is 14.3 Å². The maximum Gasteiger partial charge on any atom is 0.223 e. The molecule has 0 aliphatic carbocycles. The quantitative estimate of drug-likeness (QED) is 0.735.